The Morgan fingerprint density at radius 1 is 1.18 bits per heavy atom. The van der Waals surface area contributed by atoms with Crippen LogP contribution in [0.25, 0.3) is 0 Å². The summed E-state index contributed by atoms with van der Waals surface area (Å²) >= 11 is 0. The third kappa shape index (κ3) is 5.84. The zero-order chi connectivity index (χ0) is 16.4. The van der Waals surface area contributed by atoms with E-state index in [0.29, 0.717) is 18.5 Å². The molecule has 1 saturated carbocycles. The number of nitrogens with one attached hydrogen (secondary N) is 1. The van der Waals surface area contributed by atoms with Crippen LogP contribution in [0.3, 0.4) is 0 Å². The quantitative estimate of drug-likeness (QED) is 0.898. The molecule has 0 aromatic carbocycles. The Hall–Kier alpha value is -1.29. The van der Waals surface area contributed by atoms with Gasteiger partial charge in [-0.3, -0.25) is 0 Å². The van der Waals surface area contributed by atoms with Gasteiger partial charge in [-0.15, -0.1) is 0 Å². The molecule has 0 amide bonds. The topological polar surface area (TPSA) is 43.4 Å². The number of pyridine rings is 1. The zero-order valence-electron chi connectivity index (χ0n) is 14.8. The summed E-state index contributed by atoms with van der Waals surface area (Å²) in [6, 6.07) is 4.31. The van der Waals surface area contributed by atoms with Crippen molar-refractivity contribution in [1.29, 1.82) is 0 Å². The fourth-order valence-corrected chi connectivity index (χ4v) is 2.41. The van der Waals surface area contributed by atoms with Crippen molar-refractivity contribution >= 4 is 0 Å². The molecule has 22 heavy (non-hydrogen) atoms. The van der Waals surface area contributed by atoms with E-state index in [4.69, 9.17) is 9.47 Å². The van der Waals surface area contributed by atoms with Gasteiger partial charge in [0.15, 0.2) is 0 Å². The molecule has 4 nitrogen and oxygen atoms in total. The first kappa shape index (κ1) is 17.1. The summed E-state index contributed by atoms with van der Waals surface area (Å²) in [4.78, 5) is 4.28. The maximum Gasteiger partial charge on any atom is 0.217 e. The minimum Gasteiger partial charge on any atom is -0.493 e. The van der Waals surface area contributed by atoms with Crippen LogP contribution < -0.4 is 14.8 Å². The maximum absolute atomic E-state index is 5.94. The second-order valence-electron chi connectivity index (χ2n) is 8.48. The molecule has 1 aliphatic rings. The number of hydrogen-bond acceptors (Lipinski definition) is 4. The average Bonchev–Trinajstić information content (AvgIpc) is 2.32. The van der Waals surface area contributed by atoms with Gasteiger partial charge >= 0.3 is 0 Å². The second kappa shape index (κ2) is 6.45. The van der Waals surface area contributed by atoms with Gasteiger partial charge in [-0.05, 0) is 45.1 Å². The van der Waals surface area contributed by atoms with Crippen molar-refractivity contribution in [3.8, 4) is 11.6 Å². The average molecular weight is 306 g/mol. The number of ether oxygens (including phenoxy) is 2. The molecule has 1 aliphatic carbocycles. The van der Waals surface area contributed by atoms with Gasteiger partial charge in [0.05, 0.1) is 6.61 Å². The molecule has 0 atom stereocenters. The number of hydrogen-bond donors (Lipinski definition) is 1. The fourth-order valence-electron chi connectivity index (χ4n) is 2.41. The van der Waals surface area contributed by atoms with Gasteiger partial charge in [-0.2, -0.15) is 0 Å². The highest BCUT2D eigenvalue weighted by atomic mass is 16.5. The van der Waals surface area contributed by atoms with Gasteiger partial charge in [0.2, 0.25) is 5.88 Å². The Morgan fingerprint density at radius 3 is 2.45 bits per heavy atom. The highest BCUT2D eigenvalue weighted by molar-refractivity contribution is 5.26. The molecule has 0 unspecified atom stereocenters. The Bertz CT molecular complexity index is 483. The van der Waals surface area contributed by atoms with Crippen molar-refractivity contribution in [2.45, 2.75) is 72.1 Å². The number of nitrogens with zero attached hydrogens (tertiary/aromatic N) is 1. The van der Waals surface area contributed by atoms with Gasteiger partial charge in [0.25, 0.3) is 0 Å². The smallest absolute Gasteiger partial charge is 0.217 e. The van der Waals surface area contributed by atoms with E-state index in [0.717, 1.165) is 18.6 Å². The minimum atomic E-state index is 0.143. The van der Waals surface area contributed by atoms with Crippen molar-refractivity contribution in [1.82, 2.24) is 10.3 Å². The summed E-state index contributed by atoms with van der Waals surface area (Å²) in [5.74, 6) is 1.48. The van der Waals surface area contributed by atoms with E-state index >= 15 is 0 Å². The molecule has 1 fully saturated rings. The van der Waals surface area contributed by atoms with Gasteiger partial charge in [-0.25, -0.2) is 4.98 Å². The zero-order valence-corrected chi connectivity index (χ0v) is 14.8. The van der Waals surface area contributed by atoms with Crippen molar-refractivity contribution in [2.24, 2.45) is 5.41 Å². The third-order valence-electron chi connectivity index (χ3n) is 3.40. The van der Waals surface area contributed by atoms with Crippen LogP contribution in [0.1, 0.15) is 54.4 Å². The van der Waals surface area contributed by atoms with Gasteiger partial charge < -0.3 is 14.8 Å². The first-order valence-electron chi connectivity index (χ1n) is 8.14. The summed E-state index contributed by atoms with van der Waals surface area (Å²) in [6.07, 6.45) is 4.07. The Balaban J connectivity index is 1.80. The summed E-state index contributed by atoms with van der Waals surface area (Å²) in [5.41, 5.74) is 0.304. The van der Waals surface area contributed by atoms with E-state index in [9.17, 15) is 0 Å². The lowest BCUT2D eigenvalue weighted by Gasteiger charge is -2.39. The summed E-state index contributed by atoms with van der Waals surface area (Å²) in [5, 5.41) is 3.59. The lowest BCUT2D eigenvalue weighted by molar-refractivity contribution is 0.0690. The molecule has 0 saturated heterocycles. The first-order chi connectivity index (χ1) is 10.1. The highest BCUT2D eigenvalue weighted by Crippen LogP contribution is 2.28. The van der Waals surface area contributed by atoms with Crippen LogP contribution in [-0.4, -0.2) is 29.3 Å². The molecule has 124 valence electrons. The van der Waals surface area contributed by atoms with Gasteiger partial charge in [0.1, 0.15) is 11.9 Å². The molecule has 0 spiro atoms. The summed E-state index contributed by atoms with van der Waals surface area (Å²) in [7, 11) is 0. The van der Waals surface area contributed by atoms with Crippen LogP contribution in [0.15, 0.2) is 18.3 Å². The second-order valence-corrected chi connectivity index (χ2v) is 8.48. The normalized spacial score (nSPS) is 22.1. The van der Waals surface area contributed by atoms with Crippen LogP contribution in [0.5, 0.6) is 11.6 Å². The van der Waals surface area contributed by atoms with E-state index in [-0.39, 0.29) is 17.1 Å². The monoisotopic (exact) mass is 306 g/mol. The predicted molar refractivity (Wildman–Crippen MR) is 89.5 cm³/mol. The molecule has 1 aromatic heterocycles. The number of aromatic nitrogens is 1. The molecular formula is C18H30N2O2. The molecule has 0 radical (unpaired) electrons. The van der Waals surface area contributed by atoms with E-state index in [1.807, 2.05) is 12.1 Å². The lowest BCUT2D eigenvalue weighted by Crippen LogP contribution is -2.53. The predicted octanol–water partition coefficient (Wildman–Crippen LogP) is 3.80. The van der Waals surface area contributed by atoms with Crippen molar-refractivity contribution in [3.05, 3.63) is 18.3 Å². The highest BCUT2D eigenvalue weighted by Gasteiger charge is 2.33. The SMILES string of the molecule is CC(C)(C)COc1ccnc(OC2CC(NC(C)(C)C)C2)c1. The van der Waals surface area contributed by atoms with Crippen LogP contribution in [-0.2, 0) is 0 Å². The lowest BCUT2D eigenvalue weighted by atomic mass is 9.87. The van der Waals surface area contributed by atoms with Gasteiger partial charge in [0, 0.05) is 23.8 Å². The first-order valence-corrected chi connectivity index (χ1v) is 8.14. The summed E-state index contributed by atoms with van der Waals surface area (Å²) < 4.78 is 11.7. The standard InChI is InChI=1S/C18H30N2O2/c1-17(2,3)12-21-14-7-8-19-16(11-14)22-15-9-13(10-15)20-18(4,5)6/h7-8,11,13,15,20H,9-10,12H2,1-6H3. The third-order valence-corrected chi connectivity index (χ3v) is 3.40. The number of rotatable bonds is 5. The molecule has 1 heterocycles. The van der Waals surface area contributed by atoms with E-state index in [2.05, 4.69) is 51.8 Å². The van der Waals surface area contributed by atoms with E-state index < -0.39 is 0 Å². The molecule has 0 aliphatic heterocycles. The molecule has 1 aromatic rings. The minimum absolute atomic E-state index is 0.143. The molecular weight excluding hydrogens is 276 g/mol. The van der Waals surface area contributed by atoms with E-state index in [1.165, 1.54) is 0 Å². The molecule has 1 N–H and O–H groups in total. The summed E-state index contributed by atoms with van der Waals surface area (Å²) in [6.45, 7) is 13.7. The van der Waals surface area contributed by atoms with Crippen LogP contribution in [0.4, 0.5) is 0 Å². The van der Waals surface area contributed by atoms with Gasteiger partial charge in [-0.1, -0.05) is 20.8 Å². The Morgan fingerprint density at radius 2 is 1.86 bits per heavy atom. The van der Waals surface area contributed by atoms with E-state index in [1.54, 1.807) is 6.20 Å². The van der Waals surface area contributed by atoms with Crippen molar-refractivity contribution in [3.63, 3.8) is 0 Å². The largest absolute Gasteiger partial charge is 0.493 e. The van der Waals surface area contributed by atoms with Crippen LogP contribution in [0.2, 0.25) is 0 Å². The van der Waals surface area contributed by atoms with Crippen molar-refractivity contribution < 1.29 is 9.47 Å². The maximum atomic E-state index is 5.94. The molecule has 0 bridgehead atoms. The van der Waals surface area contributed by atoms with Crippen LogP contribution >= 0.6 is 0 Å². The fraction of sp³-hybridized carbons (Fsp3) is 0.722. The van der Waals surface area contributed by atoms with Crippen molar-refractivity contribution in [2.75, 3.05) is 6.61 Å². The Labute approximate surface area is 134 Å². The molecule has 2 rings (SSSR count). The Kier molecular flexibility index (Phi) is 5.00. The van der Waals surface area contributed by atoms with Crippen LogP contribution in [0, 0.1) is 5.41 Å². The molecule has 4 heteroatoms.